The van der Waals surface area contributed by atoms with Crippen LogP contribution >= 0.6 is 11.6 Å². The topological polar surface area (TPSA) is 110 Å². The number of pyridine rings is 1. The van der Waals surface area contributed by atoms with E-state index in [0.717, 1.165) is 6.04 Å². The molecule has 4 heterocycles. The Morgan fingerprint density at radius 1 is 1.28 bits per heavy atom. The van der Waals surface area contributed by atoms with Gasteiger partial charge in [0.05, 0.1) is 22.5 Å². The number of methoxy groups -OCH3 is 1. The maximum Gasteiger partial charge on any atom is 0.255 e. The van der Waals surface area contributed by atoms with E-state index in [1.54, 1.807) is 7.11 Å². The molecule has 0 radical (unpaired) electrons. The second-order valence-corrected chi connectivity index (χ2v) is 8.82. The largest absolute Gasteiger partial charge is 0.381 e. The molecule has 9 nitrogen and oxygen atoms in total. The van der Waals surface area contributed by atoms with Gasteiger partial charge in [-0.1, -0.05) is 31.9 Å². The fourth-order valence-electron chi connectivity index (χ4n) is 3.86. The molecule has 2 fully saturated rings. The van der Waals surface area contributed by atoms with E-state index < -0.39 is 11.5 Å². The zero-order valence-corrected chi connectivity index (χ0v) is 22.3. The summed E-state index contributed by atoms with van der Waals surface area (Å²) in [5, 5.41) is 9.10. The van der Waals surface area contributed by atoms with Gasteiger partial charge in [0.1, 0.15) is 5.82 Å². The molecule has 3 N–H and O–H groups in total. The van der Waals surface area contributed by atoms with Gasteiger partial charge in [-0.15, -0.1) is 0 Å². The Hall–Kier alpha value is -2.40. The number of ether oxygens (including phenoxy) is 2. The molecule has 0 bridgehead atoms. The number of nitrogens with one attached hydrogen (secondary N) is 3. The number of carbonyl (C=O) groups is 1. The molecule has 2 aromatic heterocycles. The Morgan fingerprint density at radius 3 is 2.61 bits per heavy atom. The van der Waals surface area contributed by atoms with Crippen LogP contribution in [0.25, 0.3) is 11.3 Å². The van der Waals surface area contributed by atoms with Gasteiger partial charge in [0, 0.05) is 57.5 Å². The van der Waals surface area contributed by atoms with Gasteiger partial charge in [-0.3, -0.25) is 4.79 Å². The lowest BCUT2D eigenvalue weighted by Gasteiger charge is -2.36. The van der Waals surface area contributed by atoms with E-state index in [2.05, 4.69) is 37.8 Å². The molecule has 0 aliphatic carbocycles. The number of hydrogen-bond donors (Lipinski definition) is 3. The number of hydrogen-bond acceptors (Lipinski definition) is 8. The van der Waals surface area contributed by atoms with Crippen LogP contribution in [0.15, 0.2) is 18.5 Å². The molecule has 2 aromatic rings. The van der Waals surface area contributed by atoms with Crippen molar-refractivity contribution in [3.05, 3.63) is 29.4 Å². The third-order valence-electron chi connectivity index (χ3n) is 6.04. The first-order valence-corrected chi connectivity index (χ1v) is 12.8. The fraction of sp³-hybridized carbons (Fsp3) is 0.600. The molecule has 200 valence electrons. The molecule has 1 atom stereocenters. The zero-order chi connectivity index (χ0) is 26.4. The van der Waals surface area contributed by atoms with E-state index in [1.165, 1.54) is 44.3 Å². The highest BCUT2D eigenvalue weighted by molar-refractivity contribution is 6.33. The van der Waals surface area contributed by atoms with Crippen LogP contribution in [0.5, 0.6) is 0 Å². The molecule has 36 heavy (non-hydrogen) atoms. The molecule has 0 aromatic carbocycles. The first-order chi connectivity index (χ1) is 17.5. The Bertz CT molecular complexity index is 940. The number of nitrogens with zero attached hydrogens (tertiary/aromatic N) is 3. The molecule has 0 unspecified atom stereocenters. The number of carbonyl (C=O) groups excluding carboxylic acids is 1. The first kappa shape index (κ1) is 29.8. The van der Waals surface area contributed by atoms with Crippen molar-refractivity contribution in [3.63, 3.8) is 0 Å². The summed E-state index contributed by atoms with van der Waals surface area (Å²) in [6, 6.07) is 2.33. The summed E-state index contributed by atoms with van der Waals surface area (Å²) in [5.74, 6) is -0.438. The van der Waals surface area contributed by atoms with Crippen LogP contribution in [0.3, 0.4) is 0 Å². The van der Waals surface area contributed by atoms with Crippen molar-refractivity contribution in [2.24, 2.45) is 0 Å². The highest BCUT2D eigenvalue weighted by atomic mass is 35.5. The van der Waals surface area contributed by atoms with Gasteiger partial charge in [0.2, 0.25) is 6.41 Å². The summed E-state index contributed by atoms with van der Waals surface area (Å²) >= 11 is 6.17. The number of aromatic nitrogens is 3. The monoisotopic (exact) mass is 524 g/mol. The van der Waals surface area contributed by atoms with Crippen LogP contribution in [0.4, 0.5) is 16.0 Å². The second-order valence-electron chi connectivity index (χ2n) is 8.41. The number of anilines is 2. The average molecular weight is 525 g/mol. The molecule has 2 saturated heterocycles. The Morgan fingerprint density at radius 2 is 2.03 bits per heavy atom. The van der Waals surface area contributed by atoms with Crippen molar-refractivity contribution in [1.82, 2.24) is 20.3 Å². The molecule has 1 amide bonds. The SMILES string of the molecule is CC.COC1(CNc2nc(-c3cc(NC=O)ncc3Cl)cnc2F)CCOCC1.C[C@@H]1CCCCN1. The summed E-state index contributed by atoms with van der Waals surface area (Å²) in [7, 11) is 1.63. The average Bonchev–Trinajstić information content (AvgIpc) is 2.92. The quantitative estimate of drug-likeness (QED) is 0.448. The molecule has 11 heteroatoms. The smallest absolute Gasteiger partial charge is 0.255 e. The number of halogens is 2. The van der Waals surface area contributed by atoms with Gasteiger partial charge >= 0.3 is 0 Å². The van der Waals surface area contributed by atoms with Crippen molar-refractivity contribution >= 4 is 29.6 Å². The van der Waals surface area contributed by atoms with Gasteiger partial charge in [-0.25, -0.2) is 15.0 Å². The summed E-state index contributed by atoms with van der Waals surface area (Å²) in [5.41, 5.74) is 0.371. The lowest BCUT2D eigenvalue weighted by Crippen LogP contribution is -2.44. The van der Waals surface area contributed by atoms with E-state index >= 15 is 0 Å². The maximum absolute atomic E-state index is 14.2. The molecular weight excluding hydrogens is 487 g/mol. The van der Waals surface area contributed by atoms with Crippen LogP contribution < -0.4 is 16.0 Å². The summed E-state index contributed by atoms with van der Waals surface area (Å²) in [6.07, 6.45) is 8.72. The molecule has 2 aliphatic heterocycles. The first-order valence-electron chi connectivity index (χ1n) is 12.4. The Kier molecular flexibility index (Phi) is 13.0. The van der Waals surface area contributed by atoms with Crippen LogP contribution in [0.1, 0.15) is 52.9 Å². The van der Waals surface area contributed by atoms with Gasteiger partial charge in [-0.05, 0) is 32.4 Å². The number of piperidine rings is 1. The lowest BCUT2D eigenvalue weighted by atomic mass is 9.94. The standard InChI is InChI=1S/C17H19ClFN5O3.C6H13N.C2H6/c1-26-17(2-4-27-5-3-17)9-22-16-15(19)21-8-13(24-16)11-6-14(23-10-25)20-7-12(11)18;1-6-4-2-3-5-7-6;1-2/h6-8,10H,2-5,9H2,1H3,(H,22,24)(H,20,23,25);6-7H,2-5H2,1H3;1-2H3/t;6-;/m.1./s1. The van der Waals surface area contributed by atoms with Gasteiger partial charge < -0.3 is 25.4 Å². The predicted octanol–water partition coefficient (Wildman–Crippen LogP) is 4.68. The van der Waals surface area contributed by atoms with Gasteiger partial charge in [0.25, 0.3) is 5.95 Å². The van der Waals surface area contributed by atoms with Crippen LogP contribution in [0.2, 0.25) is 5.02 Å². The van der Waals surface area contributed by atoms with E-state index in [0.29, 0.717) is 61.1 Å². The number of amides is 1. The molecular formula is C25H38ClFN6O3. The van der Waals surface area contributed by atoms with Crippen LogP contribution in [-0.2, 0) is 14.3 Å². The summed E-state index contributed by atoms with van der Waals surface area (Å²) in [6.45, 7) is 9.02. The fourth-order valence-corrected chi connectivity index (χ4v) is 4.06. The van der Waals surface area contributed by atoms with Crippen LogP contribution in [0, 0.1) is 5.95 Å². The molecule has 0 saturated carbocycles. The Balaban J connectivity index is 0.000000431. The molecule has 2 aliphatic rings. The molecule has 0 spiro atoms. The molecule has 4 rings (SSSR count). The minimum absolute atomic E-state index is 0.00630. The van der Waals surface area contributed by atoms with E-state index in [1.807, 2.05) is 13.8 Å². The van der Waals surface area contributed by atoms with Gasteiger partial charge in [0.15, 0.2) is 5.82 Å². The van der Waals surface area contributed by atoms with Crippen LogP contribution in [-0.4, -0.2) is 66.4 Å². The third kappa shape index (κ3) is 8.92. The van der Waals surface area contributed by atoms with Gasteiger partial charge in [-0.2, -0.15) is 4.39 Å². The normalized spacial score (nSPS) is 18.6. The lowest BCUT2D eigenvalue weighted by molar-refractivity contribution is -0.105. The van der Waals surface area contributed by atoms with E-state index in [9.17, 15) is 9.18 Å². The van der Waals surface area contributed by atoms with Crippen molar-refractivity contribution in [2.75, 3.05) is 44.0 Å². The van der Waals surface area contributed by atoms with E-state index in [4.69, 9.17) is 21.1 Å². The van der Waals surface area contributed by atoms with Crippen molar-refractivity contribution in [3.8, 4) is 11.3 Å². The summed E-state index contributed by atoms with van der Waals surface area (Å²) in [4.78, 5) is 22.6. The maximum atomic E-state index is 14.2. The second kappa shape index (κ2) is 15.7. The third-order valence-corrected chi connectivity index (χ3v) is 6.34. The van der Waals surface area contributed by atoms with E-state index in [-0.39, 0.29) is 5.82 Å². The highest BCUT2D eigenvalue weighted by Gasteiger charge is 2.32. The highest BCUT2D eigenvalue weighted by Crippen LogP contribution is 2.29. The Labute approximate surface area is 217 Å². The van der Waals surface area contributed by atoms with Crippen molar-refractivity contribution < 1.29 is 18.7 Å². The zero-order valence-electron chi connectivity index (χ0n) is 21.6. The predicted molar refractivity (Wildman–Crippen MR) is 141 cm³/mol. The minimum Gasteiger partial charge on any atom is -0.381 e. The van der Waals surface area contributed by atoms with Crippen molar-refractivity contribution in [1.29, 1.82) is 0 Å². The van der Waals surface area contributed by atoms with Crippen molar-refractivity contribution in [2.45, 2.75) is 64.5 Å². The minimum atomic E-state index is -0.728. The summed E-state index contributed by atoms with van der Waals surface area (Å²) < 4.78 is 25.2. The number of rotatable bonds is 7.